The van der Waals surface area contributed by atoms with E-state index in [1.165, 1.54) is 41.7 Å². The zero-order valence-electron chi connectivity index (χ0n) is 13.7. The SMILES string of the molecule is CCCC(CCC)c1cccc(C(CCO)[NH+](C)C)c1. The van der Waals surface area contributed by atoms with Crippen molar-refractivity contribution in [2.24, 2.45) is 0 Å². The van der Waals surface area contributed by atoms with Crippen molar-refractivity contribution in [1.29, 1.82) is 0 Å². The molecule has 2 N–H and O–H groups in total. The first-order valence-electron chi connectivity index (χ1n) is 8.14. The van der Waals surface area contributed by atoms with E-state index >= 15 is 0 Å². The molecule has 1 rings (SSSR count). The van der Waals surface area contributed by atoms with Gasteiger partial charge in [0.15, 0.2) is 0 Å². The summed E-state index contributed by atoms with van der Waals surface area (Å²) in [5.74, 6) is 0.692. The molecular formula is C18H32NO+. The fourth-order valence-electron chi connectivity index (χ4n) is 3.12. The molecule has 0 aliphatic heterocycles. The smallest absolute Gasteiger partial charge is 0.115 e. The molecule has 0 heterocycles. The Kier molecular flexibility index (Phi) is 7.86. The van der Waals surface area contributed by atoms with E-state index in [1.807, 2.05) is 0 Å². The first-order valence-corrected chi connectivity index (χ1v) is 8.14. The zero-order chi connectivity index (χ0) is 15.0. The average molecular weight is 278 g/mol. The highest BCUT2D eigenvalue weighted by molar-refractivity contribution is 5.28. The van der Waals surface area contributed by atoms with Crippen molar-refractivity contribution in [3.63, 3.8) is 0 Å². The lowest BCUT2D eigenvalue weighted by Gasteiger charge is -2.23. The van der Waals surface area contributed by atoms with Gasteiger partial charge in [-0.2, -0.15) is 0 Å². The fourth-order valence-corrected chi connectivity index (χ4v) is 3.12. The lowest BCUT2D eigenvalue weighted by molar-refractivity contribution is -0.892. The van der Waals surface area contributed by atoms with Crippen LogP contribution in [0.25, 0.3) is 0 Å². The second-order valence-electron chi connectivity index (χ2n) is 6.09. The maximum atomic E-state index is 9.28. The Labute approximate surface area is 124 Å². The summed E-state index contributed by atoms with van der Waals surface area (Å²) >= 11 is 0. The van der Waals surface area contributed by atoms with Gasteiger partial charge in [0.25, 0.3) is 0 Å². The maximum Gasteiger partial charge on any atom is 0.115 e. The molecule has 0 saturated carbocycles. The predicted octanol–water partition coefficient (Wildman–Crippen LogP) is 2.94. The molecule has 0 aromatic heterocycles. The summed E-state index contributed by atoms with van der Waals surface area (Å²) in [7, 11) is 4.34. The molecule has 114 valence electrons. The van der Waals surface area contributed by atoms with Crippen LogP contribution in [0.5, 0.6) is 0 Å². The van der Waals surface area contributed by atoms with Crippen molar-refractivity contribution in [3.8, 4) is 0 Å². The first-order chi connectivity index (χ1) is 9.63. The number of rotatable bonds is 9. The summed E-state index contributed by atoms with van der Waals surface area (Å²) in [4.78, 5) is 1.39. The zero-order valence-corrected chi connectivity index (χ0v) is 13.7. The lowest BCUT2D eigenvalue weighted by atomic mass is 9.88. The standard InChI is InChI=1S/C18H31NO/c1-5-8-15(9-6-2)16-10-7-11-17(14-16)18(12-13-20)19(3)4/h7,10-11,14-15,18,20H,5-6,8-9,12-13H2,1-4H3/p+1. The van der Waals surface area contributed by atoms with Crippen LogP contribution in [0.2, 0.25) is 0 Å². The summed E-state index contributed by atoms with van der Waals surface area (Å²) in [5, 5.41) is 9.28. The third-order valence-electron chi connectivity index (χ3n) is 4.17. The van der Waals surface area contributed by atoms with E-state index in [-0.39, 0.29) is 6.61 Å². The minimum atomic E-state index is 0.257. The number of aliphatic hydroxyl groups is 1. The number of hydrogen-bond acceptors (Lipinski definition) is 1. The molecule has 1 aromatic carbocycles. The normalized spacial score (nSPS) is 13.2. The number of aliphatic hydroxyl groups excluding tert-OH is 1. The summed E-state index contributed by atoms with van der Waals surface area (Å²) in [6, 6.07) is 9.45. The third kappa shape index (κ3) is 4.92. The van der Waals surface area contributed by atoms with Gasteiger partial charge in [-0.05, 0) is 30.4 Å². The number of nitrogens with one attached hydrogen (secondary N) is 1. The molecule has 20 heavy (non-hydrogen) atoms. The largest absolute Gasteiger partial charge is 0.396 e. The van der Waals surface area contributed by atoms with E-state index in [4.69, 9.17) is 0 Å². The van der Waals surface area contributed by atoms with Crippen LogP contribution in [-0.2, 0) is 0 Å². The molecule has 1 unspecified atom stereocenters. The average Bonchev–Trinajstić information content (AvgIpc) is 2.44. The summed E-state index contributed by atoms with van der Waals surface area (Å²) < 4.78 is 0. The Morgan fingerprint density at radius 2 is 1.60 bits per heavy atom. The van der Waals surface area contributed by atoms with Crippen LogP contribution >= 0.6 is 0 Å². The van der Waals surface area contributed by atoms with Crippen molar-refractivity contribution < 1.29 is 10.0 Å². The Morgan fingerprint density at radius 3 is 2.10 bits per heavy atom. The van der Waals surface area contributed by atoms with Gasteiger partial charge in [-0.1, -0.05) is 44.9 Å². The van der Waals surface area contributed by atoms with Crippen molar-refractivity contribution in [1.82, 2.24) is 0 Å². The third-order valence-corrected chi connectivity index (χ3v) is 4.17. The van der Waals surface area contributed by atoms with E-state index in [1.54, 1.807) is 0 Å². The van der Waals surface area contributed by atoms with Gasteiger partial charge < -0.3 is 10.0 Å². The molecule has 0 radical (unpaired) electrons. The fraction of sp³-hybridized carbons (Fsp3) is 0.667. The summed E-state index contributed by atoms with van der Waals surface area (Å²) in [6.45, 7) is 4.80. The van der Waals surface area contributed by atoms with Gasteiger partial charge in [-0.15, -0.1) is 0 Å². The van der Waals surface area contributed by atoms with Gasteiger partial charge in [0.05, 0.1) is 14.1 Å². The second-order valence-corrected chi connectivity index (χ2v) is 6.09. The van der Waals surface area contributed by atoms with Gasteiger partial charge in [0.1, 0.15) is 6.04 Å². The summed E-state index contributed by atoms with van der Waals surface area (Å²) in [5.41, 5.74) is 2.85. The Balaban J connectivity index is 2.97. The molecule has 2 heteroatoms. The highest BCUT2D eigenvalue weighted by Gasteiger charge is 2.19. The highest BCUT2D eigenvalue weighted by Crippen LogP contribution is 2.28. The minimum Gasteiger partial charge on any atom is -0.396 e. The summed E-state index contributed by atoms with van der Waals surface area (Å²) in [6.07, 6.45) is 5.87. The lowest BCUT2D eigenvalue weighted by Crippen LogP contribution is -3.06. The monoisotopic (exact) mass is 278 g/mol. The molecule has 0 aliphatic carbocycles. The van der Waals surface area contributed by atoms with Gasteiger partial charge >= 0.3 is 0 Å². The van der Waals surface area contributed by atoms with Crippen LogP contribution < -0.4 is 4.90 Å². The van der Waals surface area contributed by atoms with E-state index in [9.17, 15) is 5.11 Å². The van der Waals surface area contributed by atoms with Crippen LogP contribution in [-0.4, -0.2) is 25.8 Å². The maximum absolute atomic E-state index is 9.28. The Morgan fingerprint density at radius 1 is 1.00 bits per heavy atom. The van der Waals surface area contributed by atoms with Gasteiger partial charge in [-0.25, -0.2) is 0 Å². The number of hydrogen-bond donors (Lipinski definition) is 2. The topological polar surface area (TPSA) is 24.7 Å². The van der Waals surface area contributed by atoms with Gasteiger partial charge in [0.2, 0.25) is 0 Å². The molecule has 1 aromatic rings. The second kappa shape index (κ2) is 9.15. The molecule has 2 nitrogen and oxygen atoms in total. The van der Waals surface area contributed by atoms with Gasteiger partial charge in [0, 0.05) is 18.6 Å². The van der Waals surface area contributed by atoms with E-state index in [0.717, 1.165) is 6.42 Å². The predicted molar refractivity (Wildman–Crippen MR) is 86.3 cm³/mol. The van der Waals surface area contributed by atoms with Crippen molar-refractivity contribution in [2.45, 2.75) is 57.9 Å². The van der Waals surface area contributed by atoms with Crippen molar-refractivity contribution in [2.75, 3.05) is 20.7 Å². The van der Waals surface area contributed by atoms with Crippen LogP contribution in [0.15, 0.2) is 24.3 Å². The number of benzene rings is 1. The number of quaternary nitrogens is 1. The molecule has 0 fully saturated rings. The van der Waals surface area contributed by atoms with E-state index in [0.29, 0.717) is 12.0 Å². The van der Waals surface area contributed by atoms with Crippen LogP contribution in [0.1, 0.15) is 69.0 Å². The molecule has 0 amide bonds. The molecule has 0 spiro atoms. The van der Waals surface area contributed by atoms with E-state index in [2.05, 4.69) is 52.2 Å². The Bertz CT molecular complexity index is 369. The van der Waals surface area contributed by atoms with Crippen LogP contribution in [0.4, 0.5) is 0 Å². The quantitative estimate of drug-likeness (QED) is 0.713. The molecular weight excluding hydrogens is 246 g/mol. The molecule has 0 aliphatic rings. The van der Waals surface area contributed by atoms with Crippen molar-refractivity contribution >= 4 is 0 Å². The first kappa shape index (κ1) is 17.2. The van der Waals surface area contributed by atoms with E-state index < -0.39 is 0 Å². The van der Waals surface area contributed by atoms with Gasteiger partial charge in [-0.3, -0.25) is 0 Å². The molecule has 0 saturated heterocycles. The van der Waals surface area contributed by atoms with Crippen LogP contribution in [0.3, 0.4) is 0 Å². The molecule has 1 atom stereocenters. The minimum absolute atomic E-state index is 0.257. The highest BCUT2D eigenvalue weighted by atomic mass is 16.3. The van der Waals surface area contributed by atoms with Crippen molar-refractivity contribution in [3.05, 3.63) is 35.4 Å². The van der Waals surface area contributed by atoms with Crippen LogP contribution in [0, 0.1) is 0 Å². The Hall–Kier alpha value is -0.860. The molecule has 0 bridgehead atoms.